The molecule has 0 aromatic heterocycles. The predicted octanol–water partition coefficient (Wildman–Crippen LogP) is 1.79. The van der Waals surface area contributed by atoms with Gasteiger partial charge in [0.25, 0.3) is 0 Å². The molecule has 0 saturated carbocycles. The van der Waals surface area contributed by atoms with Gasteiger partial charge in [-0.05, 0) is 24.8 Å². The van der Waals surface area contributed by atoms with Crippen LogP contribution in [0.15, 0.2) is 55.6 Å². The van der Waals surface area contributed by atoms with Crippen molar-refractivity contribution >= 4 is 17.8 Å². The van der Waals surface area contributed by atoms with Gasteiger partial charge in [-0.15, -0.1) is 13.2 Å². The second kappa shape index (κ2) is 17.6. The van der Waals surface area contributed by atoms with E-state index in [0.717, 1.165) is 5.56 Å². The van der Waals surface area contributed by atoms with Crippen LogP contribution in [0, 0.1) is 11.8 Å². The molecule has 1 aromatic rings. The molecule has 1 aromatic carbocycles. The molecule has 0 radical (unpaired) electrons. The first kappa shape index (κ1) is 28.1. The van der Waals surface area contributed by atoms with E-state index in [1.54, 1.807) is 12.2 Å². The summed E-state index contributed by atoms with van der Waals surface area (Å²) in [4.78, 5) is 37.0. The Morgan fingerprint density at radius 3 is 2.27 bits per heavy atom. The highest BCUT2D eigenvalue weighted by Gasteiger charge is 2.22. The van der Waals surface area contributed by atoms with Gasteiger partial charge in [0.1, 0.15) is 6.61 Å². The maximum Gasteiger partial charge on any atom is 0.309 e. The van der Waals surface area contributed by atoms with Crippen LogP contribution in [-0.2, 0) is 30.3 Å². The first-order valence-electron chi connectivity index (χ1n) is 11.2. The number of carbonyl (C=O) groups is 3. The first-order chi connectivity index (χ1) is 16.0. The smallest absolute Gasteiger partial charge is 0.309 e. The van der Waals surface area contributed by atoms with E-state index in [-0.39, 0.29) is 63.1 Å². The van der Waals surface area contributed by atoms with Crippen LogP contribution in [0.2, 0.25) is 0 Å². The molecule has 1 rings (SSSR count). The highest BCUT2D eigenvalue weighted by Crippen LogP contribution is 2.15. The molecule has 182 valence electrons. The molecular weight excluding hydrogens is 424 g/mol. The highest BCUT2D eigenvalue weighted by atomic mass is 16.5. The molecule has 0 heterocycles. The fraction of sp³-hybridized carbons (Fsp3) is 0.480. The lowest BCUT2D eigenvalue weighted by molar-refractivity contribution is -0.148. The van der Waals surface area contributed by atoms with Crippen molar-refractivity contribution < 1.29 is 29.0 Å². The zero-order valence-corrected chi connectivity index (χ0v) is 19.2. The quantitative estimate of drug-likeness (QED) is 0.175. The first-order valence-corrected chi connectivity index (χ1v) is 11.2. The Bertz CT molecular complexity index is 738. The van der Waals surface area contributed by atoms with E-state index in [0.29, 0.717) is 25.8 Å². The minimum absolute atomic E-state index is 0.0100. The molecule has 0 bridgehead atoms. The van der Waals surface area contributed by atoms with E-state index in [1.807, 2.05) is 30.3 Å². The zero-order valence-electron chi connectivity index (χ0n) is 19.2. The summed E-state index contributed by atoms with van der Waals surface area (Å²) in [6.07, 6.45) is 4.70. The molecule has 0 aliphatic carbocycles. The molecule has 0 fully saturated rings. The molecule has 0 aliphatic heterocycles. The van der Waals surface area contributed by atoms with Crippen LogP contribution < -0.4 is 10.6 Å². The van der Waals surface area contributed by atoms with Gasteiger partial charge in [-0.1, -0.05) is 42.5 Å². The van der Waals surface area contributed by atoms with Gasteiger partial charge in [0, 0.05) is 13.0 Å². The maximum atomic E-state index is 12.5. The standard InChI is InChI=1S/C25H36N2O6/c1-3-8-21(19-23(29)26-12-15-32-17-14-28)24(30)27-13-16-33-25(31)22(9-4-2)18-20-10-6-5-7-11-20/h3-7,10-11,21-22,28H,1-2,8-9,12-19H2,(H,26,29)(H,27,30)/t21-,22-/m0/s1. The van der Waals surface area contributed by atoms with Crippen LogP contribution >= 0.6 is 0 Å². The van der Waals surface area contributed by atoms with Crippen molar-refractivity contribution in [2.45, 2.75) is 25.7 Å². The Hall–Kier alpha value is -2.97. The van der Waals surface area contributed by atoms with Gasteiger partial charge in [-0.25, -0.2) is 0 Å². The molecule has 33 heavy (non-hydrogen) atoms. The lowest BCUT2D eigenvalue weighted by Gasteiger charge is -2.17. The van der Waals surface area contributed by atoms with Gasteiger partial charge in [0.05, 0.1) is 38.2 Å². The molecular formula is C25H36N2O6. The average Bonchev–Trinajstić information content (AvgIpc) is 2.81. The number of ether oxygens (including phenoxy) is 2. The Balaban J connectivity index is 2.39. The summed E-state index contributed by atoms with van der Waals surface area (Å²) in [6, 6.07) is 9.69. The van der Waals surface area contributed by atoms with Crippen molar-refractivity contribution in [1.29, 1.82) is 0 Å². The topological polar surface area (TPSA) is 114 Å². The van der Waals surface area contributed by atoms with Crippen molar-refractivity contribution in [2.24, 2.45) is 11.8 Å². The fourth-order valence-electron chi connectivity index (χ4n) is 3.16. The fourth-order valence-corrected chi connectivity index (χ4v) is 3.16. The van der Waals surface area contributed by atoms with E-state index >= 15 is 0 Å². The van der Waals surface area contributed by atoms with E-state index in [1.165, 1.54) is 0 Å². The molecule has 0 aliphatic rings. The summed E-state index contributed by atoms with van der Waals surface area (Å²) in [5.41, 5.74) is 1.04. The molecule has 2 atom stereocenters. The molecule has 2 amide bonds. The van der Waals surface area contributed by atoms with Gasteiger partial charge in [0.2, 0.25) is 11.8 Å². The number of nitrogens with one attached hydrogen (secondary N) is 2. The second-order valence-corrected chi connectivity index (χ2v) is 7.48. The Labute approximate surface area is 196 Å². The van der Waals surface area contributed by atoms with Gasteiger partial charge in [0.15, 0.2) is 0 Å². The number of hydrogen-bond donors (Lipinski definition) is 3. The average molecular weight is 461 g/mol. The summed E-state index contributed by atoms with van der Waals surface area (Å²) in [7, 11) is 0. The summed E-state index contributed by atoms with van der Waals surface area (Å²) in [5, 5.41) is 14.0. The molecule has 0 unspecified atom stereocenters. The number of benzene rings is 1. The van der Waals surface area contributed by atoms with Gasteiger partial charge in [-0.3, -0.25) is 14.4 Å². The zero-order chi connectivity index (χ0) is 24.3. The van der Waals surface area contributed by atoms with Gasteiger partial charge in [-0.2, -0.15) is 0 Å². The Morgan fingerprint density at radius 1 is 0.939 bits per heavy atom. The van der Waals surface area contributed by atoms with Crippen molar-refractivity contribution in [3.63, 3.8) is 0 Å². The summed E-state index contributed by atoms with van der Waals surface area (Å²) >= 11 is 0. The number of carbonyl (C=O) groups excluding carboxylic acids is 3. The van der Waals surface area contributed by atoms with Crippen LogP contribution in [0.3, 0.4) is 0 Å². The van der Waals surface area contributed by atoms with Crippen molar-refractivity contribution in [3.05, 3.63) is 61.2 Å². The summed E-state index contributed by atoms with van der Waals surface area (Å²) in [6.45, 7) is 8.27. The maximum absolute atomic E-state index is 12.5. The van der Waals surface area contributed by atoms with Crippen LogP contribution in [0.25, 0.3) is 0 Å². The Kier molecular flexibility index (Phi) is 14.9. The van der Waals surface area contributed by atoms with Crippen LogP contribution in [-0.4, -0.2) is 62.4 Å². The van der Waals surface area contributed by atoms with E-state index in [4.69, 9.17) is 14.6 Å². The van der Waals surface area contributed by atoms with Crippen LogP contribution in [0.1, 0.15) is 24.8 Å². The molecule has 8 nitrogen and oxygen atoms in total. The molecule has 3 N–H and O–H groups in total. The van der Waals surface area contributed by atoms with E-state index in [2.05, 4.69) is 23.8 Å². The molecule has 0 saturated heterocycles. The number of aliphatic hydroxyl groups excluding tert-OH is 1. The number of amides is 2. The van der Waals surface area contributed by atoms with Crippen LogP contribution in [0.5, 0.6) is 0 Å². The third-order valence-corrected chi connectivity index (χ3v) is 4.81. The van der Waals surface area contributed by atoms with Crippen molar-refractivity contribution in [1.82, 2.24) is 10.6 Å². The number of hydrogen-bond acceptors (Lipinski definition) is 6. The number of rotatable bonds is 18. The van der Waals surface area contributed by atoms with Gasteiger partial charge < -0.3 is 25.2 Å². The Morgan fingerprint density at radius 2 is 1.61 bits per heavy atom. The second-order valence-electron chi connectivity index (χ2n) is 7.48. The summed E-state index contributed by atoms with van der Waals surface area (Å²) < 4.78 is 10.4. The minimum Gasteiger partial charge on any atom is -0.464 e. The third-order valence-electron chi connectivity index (χ3n) is 4.81. The van der Waals surface area contributed by atoms with E-state index in [9.17, 15) is 14.4 Å². The SMILES string of the molecule is C=CC[C@@H](CC(=O)NCCOCCO)C(=O)NCCOC(=O)[C@@H](CC=C)Cc1ccccc1. The van der Waals surface area contributed by atoms with Crippen molar-refractivity contribution in [2.75, 3.05) is 39.5 Å². The largest absolute Gasteiger partial charge is 0.464 e. The monoisotopic (exact) mass is 460 g/mol. The van der Waals surface area contributed by atoms with Gasteiger partial charge >= 0.3 is 5.97 Å². The lowest BCUT2D eigenvalue weighted by Crippen LogP contribution is -2.37. The number of esters is 1. The molecule has 8 heteroatoms. The van der Waals surface area contributed by atoms with E-state index < -0.39 is 5.92 Å². The predicted molar refractivity (Wildman–Crippen MR) is 126 cm³/mol. The summed E-state index contributed by atoms with van der Waals surface area (Å²) in [5.74, 6) is -1.81. The minimum atomic E-state index is -0.567. The van der Waals surface area contributed by atoms with Crippen molar-refractivity contribution in [3.8, 4) is 0 Å². The number of aliphatic hydroxyl groups is 1. The third kappa shape index (κ3) is 12.6. The normalized spacial score (nSPS) is 12.3. The number of allylic oxidation sites excluding steroid dienone is 2. The highest BCUT2D eigenvalue weighted by molar-refractivity contribution is 5.85. The molecule has 0 spiro atoms. The lowest BCUT2D eigenvalue weighted by atomic mass is 9.96. The van der Waals surface area contributed by atoms with Crippen LogP contribution in [0.4, 0.5) is 0 Å².